The normalized spacial score (nSPS) is 16.0. The number of anilines is 1. The van der Waals surface area contributed by atoms with E-state index in [4.69, 9.17) is 0 Å². The zero-order valence-electron chi connectivity index (χ0n) is 18.0. The van der Waals surface area contributed by atoms with Gasteiger partial charge in [-0.1, -0.05) is 19.2 Å². The topological polar surface area (TPSA) is 92.8 Å². The van der Waals surface area contributed by atoms with Crippen LogP contribution in [0.5, 0.6) is 0 Å². The molecule has 4 N–H and O–H groups in total. The van der Waals surface area contributed by atoms with Crippen LogP contribution in [0.15, 0.2) is 42.1 Å². The van der Waals surface area contributed by atoms with Gasteiger partial charge in [0.1, 0.15) is 5.69 Å². The minimum atomic E-state index is -0.394. The van der Waals surface area contributed by atoms with Gasteiger partial charge in [-0.2, -0.15) is 0 Å². The number of thiazole rings is 1. The molecule has 0 saturated carbocycles. The van der Waals surface area contributed by atoms with Gasteiger partial charge in [0.2, 0.25) is 0 Å². The molecule has 30 heavy (non-hydrogen) atoms. The SMILES string of the molecule is C=C/C=C(/NC(=O)c1csc(NCCN2CCNCC2)n1)C(=C)N(C)CCC(C)O. The van der Waals surface area contributed by atoms with Crippen molar-refractivity contribution < 1.29 is 9.90 Å². The standard InChI is InChI=1S/C21H34N6O2S/c1-5-6-18(17(3)26(4)11-7-16(2)28)24-20(29)19-15-30-21(25-19)23-10-14-27-12-8-22-9-13-27/h5-6,15-16,22,28H,1,3,7-14H2,2,4H3,(H,23,25)(H,24,29)/b18-6+. The molecule has 1 aromatic heterocycles. The lowest BCUT2D eigenvalue weighted by molar-refractivity contribution is 0.0960. The van der Waals surface area contributed by atoms with Gasteiger partial charge < -0.3 is 26.0 Å². The van der Waals surface area contributed by atoms with Crippen LogP contribution >= 0.6 is 11.3 Å². The summed E-state index contributed by atoms with van der Waals surface area (Å²) < 4.78 is 0. The summed E-state index contributed by atoms with van der Waals surface area (Å²) in [7, 11) is 1.87. The second-order valence-electron chi connectivity index (χ2n) is 7.33. The number of allylic oxidation sites excluding steroid dienone is 2. The lowest BCUT2D eigenvalue weighted by atomic mass is 10.2. The first-order chi connectivity index (χ1) is 14.4. The van der Waals surface area contributed by atoms with Crippen molar-refractivity contribution in [2.75, 3.05) is 58.2 Å². The summed E-state index contributed by atoms with van der Waals surface area (Å²) >= 11 is 1.42. The van der Waals surface area contributed by atoms with Crippen molar-refractivity contribution >= 4 is 22.4 Å². The van der Waals surface area contributed by atoms with E-state index in [2.05, 4.69) is 39.0 Å². The number of amides is 1. The van der Waals surface area contributed by atoms with Crippen LogP contribution in [0.4, 0.5) is 5.13 Å². The van der Waals surface area contributed by atoms with Crippen LogP contribution in [-0.2, 0) is 0 Å². The molecular weight excluding hydrogens is 400 g/mol. The minimum absolute atomic E-state index is 0.292. The Hall–Kier alpha value is -2.20. The number of rotatable bonds is 12. The van der Waals surface area contributed by atoms with E-state index < -0.39 is 6.10 Å². The third-order valence-corrected chi connectivity index (χ3v) is 5.64. The second-order valence-corrected chi connectivity index (χ2v) is 8.19. The molecule has 2 rings (SSSR count). The van der Waals surface area contributed by atoms with E-state index in [0.717, 1.165) is 44.4 Å². The van der Waals surface area contributed by atoms with Gasteiger partial charge in [0.15, 0.2) is 5.13 Å². The van der Waals surface area contributed by atoms with E-state index >= 15 is 0 Å². The molecule has 0 bridgehead atoms. The summed E-state index contributed by atoms with van der Waals surface area (Å²) in [6.45, 7) is 16.1. The van der Waals surface area contributed by atoms with Crippen molar-refractivity contribution in [3.8, 4) is 0 Å². The maximum atomic E-state index is 12.7. The van der Waals surface area contributed by atoms with Crippen molar-refractivity contribution in [1.82, 2.24) is 25.4 Å². The molecule has 9 heteroatoms. The van der Waals surface area contributed by atoms with Gasteiger partial charge >= 0.3 is 0 Å². The van der Waals surface area contributed by atoms with Crippen molar-refractivity contribution in [2.45, 2.75) is 19.4 Å². The monoisotopic (exact) mass is 434 g/mol. The zero-order chi connectivity index (χ0) is 21.9. The predicted octanol–water partition coefficient (Wildman–Crippen LogP) is 1.48. The Balaban J connectivity index is 1.87. The van der Waals surface area contributed by atoms with Gasteiger partial charge in [-0.25, -0.2) is 4.98 Å². The average Bonchev–Trinajstić information content (AvgIpc) is 3.21. The first-order valence-electron chi connectivity index (χ1n) is 10.3. The van der Waals surface area contributed by atoms with Crippen molar-refractivity contribution in [2.24, 2.45) is 0 Å². The Morgan fingerprint density at radius 2 is 2.23 bits per heavy atom. The van der Waals surface area contributed by atoms with Crippen LogP contribution in [0.1, 0.15) is 23.8 Å². The van der Waals surface area contributed by atoms with Gasteiger partial charge in [0.25, 0.3) is 5.91 Å². The largest absolute Gasteiger partial charge is 0.393 e. The Labute approximate surface area is 183 Å². The Morgan fingerprint density at radius 1 is 1.50 bits per heavy atom. The van der Waals surface area contributed by atoms with Gasteiger partial charge in [-0.05, 0) is 19.4 Å². The van der Waals surface area contributed by atoms with Crippen molar-refractivity contribution in [1.29, 1.82) is 0 Å². The molecule has 0 aliphatic carbocycles. The Kier molecular flexibility index (Phi) is 10.0. The number of aromatic nitrogens is 1. The molecule has 1 saturated heterocycles. The molecule has 8 nitrogen and oxygen atoms in total. The van der Waals surface area contributed by atoms with Crippen molar-refractivity contribution in [3.63, 3.8) is 0 Å². The van der Waals surface area contributed by atoms with E-state index in [1.165, 1.54) is 11.3 Å². The number of nitrogens with zero attached hydrogens (tertiary/aromatic N) is 3. The summed E-state index contributed by atoms with van der Waals surface area (Å²) in [5.74, 6) is -0.292. The first kappa shape index (κ1) is 24.1. The van der Waals surface area contributed by atoms with Gasteiger partial charge in [0.05, 0.1) is 17.5 Å². The number of piperazine rings is 1. The molecule has 2 heterocycles. The van der Waals surface area contributed by atoms with Crippen LogP contribution in [0, 0.1) is 0 Å². The molecule has 1 amide bonds. The number of carbonyl (C=O) groups is 1. The maximum Gasteiger partial charge on any atom is 0.275 e. The fourth-order valence-electron chi connectivity index (χ4n) is 2.95. The molecule has 1 aliphatic heterocycles. The number of likely N-dealkylation sites (N-methyl/N-ethyl adjacent to an activating group) is 1. The molecule has 0 spiro atoms. The van der Waals surface area contributed by atoms with Gasteiger partial charge in [-0.15, -0.1) is 11.3 Å². The summed E-state index contributed by atoms with van der Waals surface area (Å²) in [5.41, 5.74) is 1.57. The van der Waals surface area contributed by atoms with Crippen LogP contribution in [0.25, 0.3) is 0 Å². The van der Waals surface area contributed by atoms with Crippen LogP contribution in [0.3, 0.4) is 0 Å². The highest BCUT2D eigenvalue weighted by molar-refractivity contribution is 7.13. The second kappa shape index (κ2) is 12.5. The van der Waals surface area contributed by atoms with E-state index in [1.54, 1.807) is 24.5 Å². The summed E-state index contributed by atoms with van der Waals surface area (Å²) in [6.07, 6.45) is 3.53. The van der Waals surface area contributed by atoms with Crippen LogP contribution in [-0.4, -0.2) is 84.8 Å². The minimum Gasteiger partial charge on any atom is -0.393 e. The molecule has 1 aliphatic rings. The van der Waals surface area contributed by atoms with Gasteiger partial charge in [-0.3, -0.25) is 9.69 Å². The molecule has 0 radical (unpaired) electrons. The fraction of sp³-hybridized carbons (Fsp3) is 0.524. The highest BCUT2D eigenvalue weighted by Crippen LogP contribution is 2.17. The molecule has 166 valence electrons. The number of aliphatic hydroxyl groups excluding tert-OH is 1. The zero-order valence-corrected chi connectivity index (χ0v) is 18.8. The molecule has 1 atom stereocenters. The Morgan fingerprint density at radius 3 is 2.90 bits per heavy atom. The van der Waals surface area contributed by atoms with Crippen LogP contribution < -0.4 is 16.0 Å². The number of nitrogens with one attached hydrogen (secondary N) is 3. The number of hydrogen-bond acceptors (Lipinski definition) is 8. The number of hydrogen-bond donors (Lipinski definition) is 4. The van der Waals surface area contributed by atoms with E-state index in [1.807, 2.05) is 11.9 Å². The van der Waals surface area contributed by atoms with E-state index in [-0.39, 0.29) is 5.91 Å². The fourth-order valence-corrected chi connectivity index (χ4v) is 3.67. The molecule has 1 aromatic rings. The molecule has 1 unspecified atom stereocenters. The molecule has 1 fully saturated rings. The van der Waals surface area contributed by atoms with Crippen LogP contribution in [0.2, 0.25) is 0 Å². The lowest BCUT2D eigenvalue weighted by Gasteiger charge is -2.26. The Bertz CT molecular complexity index is 740. The van der Waals surface area contributed by atoms with Crippen molar-refractivity contribution in [3.05, 3.63) is 47.8 Å². The lowest BCUT2D eigenvalue weighted by Crippen LogP contribution is -2.45. The molecule has 0 aromatic carbocycles. The number of aliphatic hydroxyl groups is 1. The van der Waals surface area contributed by atoms with E-state index in [0.29, 0.717) is 30.1 Å². The average molecular weight is 435 g/mol. The quantitative estimate of drug-likeness (QED) is 0.370. The highest BCUT2D eigenvalue weighted by Gasteiger charge is 2.16. The maximum absolute atomic E-state index is 12.7. The number of carbonyl (C=O) groups excluding carboxylic acids is 1. The summed E-state index contributed by atoms with van der Waals surface area (Å²) in [6, 6.07) is 0. The highest BCUT2D eigenvalue weighted by atomic mass is 32.1. The third kappa shape index (κ3) is 7.91. The summed E-state index contributed by atoms with van der Waals surface area (Å²) in [5, 5.41) is 21.5. The third-order valence-electron chi connectivity index (χ3n) is 4.84. The smallest absolute Gasteiger partial charge is 0.275 e. The first-order valence-corrected chi connectivity index (χ1v) is 11.1. The van der Waals surface area contributed by atoms with E-state index in [9.17, 15) is 9.90 Å². The van der Waals surface area contributed by atoms with Gasteiger partial charge in [0, 0.05) is 58.2 Å². The predicted molar refractivity (Wildman–Crippen MR) is 124 cm³/mol. The summed E-state index contributed by atoms with van der Waals surface area (Å²) in [4.78, 5) is 21.4. The molecular formula is C21H34N6O2S.